The van der Waals surface area contributed by atoms with Crippen LogP contribution in [0, 0.1) is 19.8 Å². The van der Waals surface area contributed by atoms with E-state index in [1.165, 1.54) is 24.2 Å². The Morgan fingerprint density at radius 1 is 1.14 bits per heavy atom. The number of carbonyl (C=O) groups is 1. The Labute approximate surface area is 171 Å². The molecule has 0 aliphatic heterocycles. The lowest BCUT2D eigenvalue weighted by Crippen LogP contribution is -2.19. The van der Waals surface area contributed by atoms with Crippen LogP contribution in [-0.2, 0) is 13.0 Å². The van der Waals surface area contributed by atoms with Crippen LogP contribution in [0.15, 0.2) is 42.9 Å². The van der Waals surface area contributed by atoms with E-state index in [0.29, 0.717) is 18.2 Å². The molecule has 0 unspecified atom stereocenters. The first kappa shape index (κ1) is 20.6. The summed E-state index contributed by atoms with van der Waals surface area (Å²) in [4.78, 5) is 25.7. The maximum Gasteiger partial charge on any atom is 0.275 e. The number of pyridine rings is 1. The van der Waals surface area contributed by atoms with Crippen LogP contribution in [0.2, 0.25) is 0 Å². The summed E-state index contributed by atoms with van der Waals surface area (Å²) in [5, 5.41) is 3.00. The lowest BCUT2D eigenvalue weighted by Gasteiger charge is -2.21. The maximum absolute atomic E-state index is 12.8. The normalized spacial score (nSPS) is 11.0. The topological polar surface area (TPSA) is 93.8 Å². The minimum Gasteiger partial charge on any atom is -0.326 e. The second kappa shape index (κ2) is 8.92. The van der Waals surface area contributed by atoms with Crippen LogP contribution in [0.1, 0.15) is 46.9 Å². The Morgan fingerprint density at radius 2 is 1.86 bits per heavy atom. The largest absolute Gasteiger partial charge is 0.326 e. The molecule has 2 heterocycles. The van der Waals surface area contributed by atoms with Crippen LogP contribution in [-0.4, -0.2) is 20.9 Å². The van der Waals surface area contributed by atoms with Gasteiger partial charge in [0.1, 0.15) is 5.69 Å². The number of amides is 1. The number of anilines is 1. The standard InChI is InChI=1S/C23H27N5O/c1-14(2)11-19-18(12-24)21(17-7-5-15(3)6-8-17)22(16(4)27-19)28-23(29)20-13-25-9-10-26-20/h5-10,13-14H,11-12,24H2,1-4H3,(H,28,29). The molecule has 0 radical (unpaired) electrons. The zero-order valence-corrected chi connectivity index (χ0v) is 17.4. The zero-order chi connectivity index (χ0) is 21.0. The van der Waals surface area contributed by atoms with Gasteiger partial charge in [-0.3, -0.25) is 14.8 Å². The van der Waals surface area contributed by atoms with Crippen molar-refractivity contribution in [2.45, 2.75) is 40.7 Å². The molecule has 6 nitrogen and oxygen atoms in total. The fourth-order valence-corrected chi connectivity index (χ4v) is 3.36. The number of carbonyl (C=O) groups excluding carboxylic acids is 1. The van der Waals surface area contributed by atoms with Crippen LogP contribution in [0.5, 0.6) is 0 Å². The minimum absolute atomic E-state index is 0.252. The molecule has 3 rings (SSSR count). The van der Waals surface area contributed by atoms with E-state index < -0.39 is 0 Å². The molecule has 1 amide bonds. The van der Waals surface area contributed by atoms with E-state index in [4.69, 9.17) is 10.7 Å². The van der Waals surface area contributed by atoms with Gasteiger partial charge < -0.3 is 11.1 Å². The molecule has 0 atom stereocenters. The van der Waals surface area contributed by atoms with Crippen molar-refractivity contribution < 1.29 is 4.79 Å². The van der Waals surface area contributed by atoms with E-state index >= 15 is 0 Å². The van der Waals surface area contributed by atoms with Gasteiger partial charge >= 0.3 is 0 Å². The second-order valence-electron chi connectivity index (χ2n) is 7.59. The molecule has 6 heteroatoms. The van der Waals surface area contributed by atoms with E-state index in [1.807, 2.05) is 13.8 Å². The van der Waals surface area contributed by atoms with Gasteiger partial charge in [0, 0.05) is 30.2 Å². The maximum atomic E-state index is 12.8. The SMILES string of the molecule is Cc1ccc(-c2c(CN)c(CC(C)C)nc(C)c2NC(=O)c2cnccn2)cc1. The van der Waals surface area contributed by atoms with Crippen molar-refractivity contribution in [3.8, 4) is 11.1 Å². The predicted molar refractivity (Wildman–Crippen MR) is 116 cm³/mol. The van der Waals surface area contributed by atoms with Gasteiger partial charge in [-0.05, 0) is 37.3 Å². The Hall–Kier alpha value is -3.12. The average molecular weight is 390 g/mol. The van der Waals surface area contributed by atoms with Crippen molar-refractivity contribution in [2.24, 2.45) is 11.7 Å². The smallest absolute Gasteiger partial charge is 0.275 e. The molecule has 29 heavy (non-hydrogen) atoms. The zero-order valence-electron chi connectivity index (χ0n) is 17.4. The number of nitrogens with zero attached hydrogens (tertiary/aromatic N) is 3. The molecule has 0 aliphatic rings. The molecule has 1 aromatic carbocycles. The molecule has 3 aromatic rings. The molecule has 0 bridgehead atoms. The van der Waals surface area contributed by atoms with Crippen LogP contribution < -0.4 is 11.1 Å². The number of hydrogen-bond donors (Lipinski definition) is 2. The highest BCUT2D eigenvalue weighted by Gasteiger charge is 2.21. The molecule has 3 N–H and O–H groups in total. The lowest BCUT2D eigenvalue weighted by molar-refractivity contribution is 0.102. The summed E-state index contributed by atoms with van der Waals surface area (Å²) >= 11 is 0. The van der Waals surface area contributed by atoms with E-state index in [-0.39, 0.29) is 11.6 Å². The van der Waals surface area contributed by atoms with Gasteiger partial charge in [0.2, 0.25) is 0 Å². The molecule has 2 aromatic heterocycles. The Bertz CT molecular complexity index is 998. The number of nitrogens with two attached hydrogens (primary N) is 1. The molecule has 0 saturated carbocycles. The molecule has 0 aliphatic carbocycles. The van der Waals surface area contributed by atoms with Crippen LogP contribution in [0.3, 0.4) is 0 Å². The summed E-state index contributed by atoms with van der Waals surface area (Å²) in [7, 11) is 0. The fourth-order valence-electron chi connectivity index (χ4n) is 3.36. The van der Waals surface area contributed by atoms with Crippen molar-refractivity contribution in [1.82, 2.24) is 15.0 Å². The number of hydrogen-bond acceptors (Lipinski definition) is 5. The van der Waals surface area contributed by atoms with Gasteiger partial charge in [0.25, 0.3) is 5.91 Å². The number of aromatic nitrogens is 3. The van der Waals surface area contributed by atoms with E-state index in [0.717, 1.165) is 34.5 Å². The van der Waals surface area contributed by atoms with E-state index in [1.54, 1.807) is 0 Å². The van der Waals surface area contributed by atoms with Crippen molar-refractivity contribution >= 4 is 11.6 Å². The average Bonchev–Trinajstić information content (AvgIpc) is 2.70. The highest BCUT2D eigenvalue weighted by Crippen LogP contribution is 2.36. The molecule has 0 fully saturated rings. The van der Waals surface area contributed by atoms with Gasteiger partial charge in [-0.25, -0.2) is 4.98 Å². The summed E-state index contributed by atoms with van der Waals surface area (Å²) < 4.78 is 0. The summed E-state index contributed by atoms with van der Waals surface area (Å²) in [6, 6.07) is 8.23. The van der Waals surface area contributed by atoms with Crippen LogP contribution >= 0.6 is 0 Å². The number of rotatable bonds is 6. The van der Waals surface area contributed by atoms with Gasteiger partial charge in [-0.1, -0.05) is 43.7 Å². The highest BCUT2D eigenvalue weighted by atomic mass is 16.1. The minimum atomic E-state index is -0.323. The van der Waals surface area contributed by atoms with E-state index in [9.17, 15) is 4.79 Å². The van der Waals surface area contributed by atoms with Crippen molar-refractivity contribution in [3.63, 3.8) is 0 Å². The van der Waals surface area contributed by atoms with Gasteiger partial charge in [0.15, 0.2) is 0 Å². The first-order valence-corrected chi connectivity index (χ1v) is 9.77. The number of aryl methyl sites for hydroxylation is 2. The molecular weight excluding hydrogens is 362 g/mol. The van der Waals surface area contributed by atoms with Crippen molar-refractivity contribution in [3.05, 3.63) is 71.1 Å². The monoisotopic (exact) mass is 389 g/mol. The van der Waals surface area contributed by atoms with Gasteiger partial charge in [-0.15, -0.1) is 0 Å². The predicted octanol–water partition coefficient (Wildman–Crippen LogP) is 4.06. The molecule has 150 valence electrons. The summed E-state index contributed by atoms with van der Waals surface area (Å²) in [5.41, 5.74) is 12.9. The van der Waals surface area contributed by atoms with Crippen LogP contribution in [0.4, 0.5) is 5.69 Å². The van der Waals surface area contributed by atoms with Gasteiger partial charge in [-0.2, -0.15) is 0 Å². The molecule has 0 saturated heterocycles. The third-order valence-electron chi connectivity index (χ3n) is 4.74. The van der Waals surface area contributed by atoms with Gasteiger partial charge in [0.05, 0.1) is 17.6 Å². The summed E-state index contributed by atoms with van der Waals surface area (Å²) in [6.07, 6.45) is 5.30. The number of benzene rings is 1. The summed E-state index contributed by atoms with van der Waals surface area (Å²) in [5.74, 6) is 0.119. The third kappa shape index (κ3) is 4.66. The molecule has 0 spiro atoms. The molecular formula is C23H27N5O. The third-order valence-corrected chi connectivity index (χ3v) is 4.74. The number of nitrogens with one attached hydrogen (secondary N) is 1. The van der Waals surface area contributed by atoms with Crippen molar-refractivity contribution in [2.75, 3.05) is 5.32 Å². The fraction of sp³-hybridized carbons (Fsp3) is 0.304. The lowest BCUT2D eigenvalue weighted by atomic mass is 9.92. The Morgan fingerprint density at radius 3 is 2.45 bits per heavy atom. The van der Waals surface area contributed by atoms with Crippen molar-refractivity contribution in [1.29, 1.82) is 0 Å². The van der Waals surface area contributed by atoms with Crippen LogP contribution in [0.25, 0.3) is 11.1 Å². The second-order valence-corrected chi connectivity index (χ2v) is 7.59. The van der Waals surface area contributed by atoms with E-state index in [2.05, 4.69) is 53.4 Å². The highest BCUT2D eigenvalue weighted by molar-refractivity contribution is 6.05. The Balaban J connectivity index is 2.18. The Kier molecular flexibility index (Phi) is 6.34. The summed E-state index contributed by atoms with van der Waals surface area (Å²) in [6.45, 7) is 8.62. The first-order valence-electron chi connectivity index (χ1n) is 9.77. The quantitative estimate of drug-likeness (QED) is 0.663. The first-order chi connectivity index (χ1) is 13.9.